The van der Waals surface area contributed by atoms with Crippen molar-refractivity contribution in [1.29, 1.82) is 0 Å². The average molecular weight is 404 g/mol. The summed E-state index contributed by atoms with van der Waals surface area (Å²) in [5.74, 6) is -0.699. The maximum absolute atomic E-state index is 13.8. The number of carbonyl (C=O) groups is 1. The number of hydrogen-bond donors (Lipinski definition) is 1. The summed E-state index contributed by atoms with van der Waals surface area (Å²) < 4.78 is 32.1. The van der Waals surface area contributed by atoms with Gasteiger partial charge in [-0.3, -0.25) is 0 Å². The van der Waals surface area contributed by atoms with Gasteiger partial charge in [-0.15, -0.1) is 0 Å². The molecule has 158 valence electrons. The van der Waals surface area contributed by atoms with E-state index >= 15 is 0 Å². The Bertz CT molecular complexity index is 813. The number of benzene rings is 2. The zero-order valence-corrected chi connectivity index (χ0v) is 17.8. The number of esters is 1. The Balaban J connectivity index is 1.80. The van der Waals surface area contributed by atoms with Gasteiger partial charge in [-0.2, -0.15) is 0 Å². The summed E-state index contributed by atoms with van der Waals surface area (Å²) in [6.07, 6.45) is 5.52. The fourth-order valence-corrected chi connectivity index (χ4v) is 3.52. The van der Waals surface area contributed by atoms with Gasteiger partial charge in [0, 0.05) is 5.69 Å². The number of halogens is 2. The third kappa shape index (κ3) is 6.84. The number of nitrogens with one attached hydrogen (secondary N) is 1. The summed E-state index contributed by atoms with van der Waals surface area (Å²) in [6, 6.07) is 8.23. The van der Waals surface area contributed by atoms with Crippen molar-refractivity contribution in [3.8, 4) is 0 Å². The molecule has 0 aliphatic rings. The van der Waals surface area contributed by atoms with Crippen LogP contribution in [0.1, 0.15) is 54.4 Å². The minimum absolute atomic E-state index is 0.165. The number of rotatable bonds is 10. The van der Waals surface area contributed by atoms with Crippen molar-refractivity contribution in [2.24, 2.45) is 0 Å². The van der Waals surface area contributed by atoms with Gasteiger partial charge in [0.25, 0.3) is 0 Å². The number of methoxy groups -OCH3 is 1. The first-order valence-electron chi connectivity index (χ1n) is 10.2. The van der Waals surface area contributed by atoms with E-state index in [4.69, 9.17) is 4.74 Å². The molecule has 0 heterocycles. The maximum Gasteiger partial charge on any atom is 0.328 e. The van der Waals surface area contributed by atoms with Crippen LogP contribution in [0.5, 0.6) is 0 Å². The van der Waals surface area contributed by atoms with Crippen LogP contribution >= 0.6 is 0 Å². The lowest BCUT2D eigenvalue weighted by atomic mass is 10.0. The number of ether oxygens (including phenoxy) is 1. The van der Waals surface area contributed by atoms with E-state index in [0.29, 0.717) is 23.1 Å². The van der Waals surface area contributed by atoms with Crippen molar-refractivity contribution in [3.63, 3.8) is 0 Å². The highest BCUT2D eigenvalue weighted by molar-refractivity contribution is 5.79. The molecule has 0 bridgehead atoms. The Labute approximate surface area is 172 Å². The molecule has 0 aliphatic heterocycles. The number of aryl methyl sites for hydroxylation is 4. The molecule has 0 radical (unpaired) electrons. The zero-order chi connectivity index (χ0) is 21.4. The lowest BCUT2D eigenvalue weighted by Gasteiger charge is -2.18. The lowest BCUT2D eigenvalue weighted by Crippen LogP contribution is -2.30. The highest BCUT2D eigenvalue weighted by Crippen LogP contribution is 2.21. The van der Waals surface area contributed by atoms with E-state index in [9.17, 15) is 13.6 Å². The quantitative estimate of drug-likeness (QED) is 0.388. The standard InChI is InChI=1S/C24H31F2NO2/c1-16-13-19(11-12-21(16)25)9-7-5-6-8-10-22(24(28)29-4)27-20-14-17(2)23(26)18(3)15-20/h11-15,22,27H,5-10H2,1-4H3/t22-/m1/s1. The van der Waals surface area contributed by atoms with E-state index in [2.05, 4.69) is 5.32 Å². The molecule has 1 atom stereocenters. The monoisotopic (exact) mass is 403 g/mol. The van der Waals surface area contributed by atoms with E-state index in [1.807, 2.05) is 12.1 Å². The smallest absolute Gasteiger partial charge is 0.328 e. The van der Waals surface area contributed by atoms with Gasteiger partial charge in [-0.1, -0.05) is 31.4 Å². The molecule has 0 amide bonds. The highest BCUT2D eigenvalue weighted by atomic mass is 19.1. The second kappa shape index (κ2) is 10.9. The van der Waals surface area contributed by atoms with Gasteiger partial charge in [0.15, 0.2) is 0 Å². The fourth-order valence-electron chi connectivity index (χ4n) is 3.52. The Hall–Kier alpha value is -2.43. The van der Waals surface area contributed by atoms with Gasteiger partial charge in [-0.05, 0) is 80.5 Å². The predicted octanol–water partition coefficient (Wildman–Crippen LogP) is 6.04. The fraction of sp³-hybridized carbons (Fsp3) is 0.458. The van der Waals surface area contributed by atoms with Crippen LogP contribution in [-0.2, 0) is 16.0 Å². The molecule has 0 aromatic heterocycles. The molecule has 2 aromatic carbocycles. The van der Waals surface area contributed by atoms with Crippen molar-refractivity contribution < 1.29 is 18.3 Å². The largest absolute Gasteiger partial charge is 0.467 e. The van der Waals surface area contributed by atoms with E-state index in [1.165, 1.54) is 13.2 Å². The predicted molar refractivity (Wildman–Crippen MR) is 113 cm³/mol. The SMILES string of the molecule is COC(=O)[C@@H](CCCCCCc1ccc(F)c(C)c1)Nc1cc(C)c(F)c(C)c1. The summed E-state index contributed by atoms with van der Waals surface area (Å²) in [7, 11) is 1.38. The summed E-state index contributed by atoms with van der Waals surface area (Å²) in [5.41, 5.74) is 3.66. The molecule has 0 saturated heterocycles. The first-order chi connectivity index (χ1) is 13.8. The van der Waals surface area contributed by atoms with Gasteiger partial charge in [0.05, 0.1) is 7.11 Å². The third-order valence-corrected chi connectivity index (χ3v) is 5.19. The summed E-state index contributed by atoms with van der Waals surface area (Å²) in [4.78, 5) is 12.1. The molecule has 3 nitrogen and oxygen atoms in total. The normalized spacial score (nSPS) is 11.9. The van der Waals surface area contributed by atoms with Crippen molar-refractivity contribution in [2.45, 2.75) is 65.3 Å². The van der Waals surface area contributed by atoms with Crippen LogP contribution in [0.3, 0.4) is 0 Å². The highest BCUT2D eigenvalue weighted by Gasteiger charge is 2.19. The molecule has 5 heteroatoms. The number of carbonyl (C=O) groups excluding carboxylic acids is 1. The minimum Gasteiger partial charge on any atom is -0.467 e. The summed E-state index contributed by atoms with van der Waals surface area (Å²) in [5, 5.41) is 3.19. The molecule has 0 spiro atoms. The van der Waals surface area contributed by atoms with Gasteiger partial charge in [-0.25, -0.2) is 13.6 Å². The molecule has 2 rings (SSSR count). The molecular formula is C24H31F2NO2. The topological polar surface area (TPSA) is 38.3 Å². The van der Waals surface area contributed by atoms with Crippen LogP contribution in [0.25, 0.3) is 0 Å². The molecule has 0 unspecified atom stereocenters. The second-order valence-electron chi connectivity index (χ2n) is 7.68. The van der Waals surface area contributed by atoms with Gasteiger partial charge in [0.2, 0.25) is 0 Å². The average Bonchev–Trinajstić information content (AvgIpc) is 2.69. The third-order valence-electron chi connectivity index (χ3n) is 5.19. The first kappa shape index (κ1) is 22.9. The van der Waals surface area contributed by atoms with E-state index in [0.717, 1.165) is 43.4 Å². The number of hydrogen-bond acceptors (Lipinski definition) is 3. The van der Waals surface area contributed by atoms with Crippen molar-refractivity contribution in [1.82, 2.24) is 0 Å². The van der Waals surface area contributed by atoms with Crippen molar-refractivity contribution in [3.05, 3.63) is 64.2 Å². The molecule has 29 heavy (non-hydrogen) atoms. The molecule has 1 N–H and O–H groups in total. The Morgan fingerprint density at radius 2 is 1.62 bits per heavy atom. The van der Waals surface area contributed by atoms with Gasteiger partial charge in [0.1, 0.15) is 17.7 Å². The van der Waals surface area contributed by atoms with Crippen LogP contribution in [0, 0.1) is 32.4 Å². The molecule has 0 saturated carbocycles. The van der Waals surface area contributed by atoms with Gasteiger partial charge >= 0.3 is 5.97 Å². The number of anilines is 1. The number of unbranched alkanes of at least 4 members (excludes halogenated alkanes) is 3. The Morgan fingerprint density at radius 1 is 0.966 bits per heavy atom. The van der Waals surface area contributed by atoms with Crippen molar-refractivity contribution >= 4 is 11.7 Å². The van der Waals surface area contributed by atoms with Crippen LogP contribution in [0.2, 0.25) is 0 Å². The van der Waals surface area contributed by atoms with E-state index < -0.39 is 6.04 Å². The van der Waals surface area contributed by atoms with Crippen LogP contribution in [0.4, 0.5) is 14.5 Å². The minimum atomic E-state index is -0.455. The molecule has 0 fully saturated rings. The van der Waals surface area contributed by atoms with E-state index in [-0.39, 0.29) is 17.6 Å². The Morgan fingerprint density at radius 3 is 2.24 bits per heavy atom. The Kier molecular flexibility index (Phi) is 8.62. The molecule has 0 aliphatic carbocycles. The molecule has 2 aromatic rings. The van der Waals surface area contributed by atoms with Crippen LogP contribution < -0.4 is 5.32 Å². The van der Waals surface area contributed by atoms with Crippen molar-refractivity contribution in [2.75, 3.05) is 12.4 Å². The van der Waals surface area contributed by atoms with Crippen LogP contribution in [-0.4, -0.2) is 19.1 Å². The first-order valence-corrected chi connectivity index (χ1v) is 10.2. The lowest BCUT2D eigenvalue weighted by molar-refractivity contribution is -0.141. The van der Waals surface area contributed by atoms with E-state index in [1.54, 1.807) is 32.9 Å². The maximum atomic E-state index is 13.8. The summed E-state index contributed by atoms with van der Waals surface area (Å²) in [6.45, 7) is 5.20. The molecular weight excluding hydrogens is 372 g/mol. The van der Waals surface area contributed by atoms with Crippen LogP contribution in [0.15, 0.2) is 30.3 Å². The summed E-state index contributed by atoms with van der Waals surface area (Å²) >= 11 is 0. The van der Waals surface area contributed by atoms with Gasteiger partial charge < -0.3 is 10.1 Å². The second-order valence-corrected chi connectivity index (χ2v) is 7.68. The zero-order valence-electron chi connectivity index (χ0n) is 17.8.